The summed E-state index contributed by atoms with van der Waals surface area (Å²) in [7, 11) is 3.33. The molecule has 2 aromatic rings. The Morgan fingerprint density at radius 1 is 1.41 bits per heavy atom. The van der Waals surface area contributed by atoms with Crippen LogP contribution in [0.5, 0.6) is 0 Å². The average molecular weight is 392 g/mol. The number of amides is 1. The largest absolute Gasteiger partial charge is 0.465 e. The van der Waals surface area contributed by atoms with Gasteiger partial charge in [0.15, 0.2) is 12.3 Å². The van der Waals surface area contributed by atoms with Gasteiger partial charge in [-0.2, -0.15) is 0 Å². The van der Waals surface area contributed by atoms with E-state index >= 15 is 0 Å². The summed E-state index contributed by atoms with van der Waals surface area (Å²) in [6.45, 7) is 5.04. The number of thiophene rings is 1. The second kappa shape index (κ2) is 8.27. The predicted molar refractivity (Wildman–Crippen MR) is 104 cm³/mol. The fraction of sp³-hybridized carbons (Fsp3) is 0.500. The van der Waals surface area contributed by atoms with Gasteiger partial charge >= 0.3 is 5.97 Å². The number of likely N-dealkylation sites (N-methyl/N-ethyl adjacent to an activating group) is 1. The van der Waals surface area contributed by atoms with E-state index in [0.717, 1.165) is 41.2 Å². The van der Waals surface area contributed by atoms with Gasteiger partial charge in [0, 0.05) is 4.88 Å². The van der Waals surface area contributed by atoms with Gasteiger partial charge in [-0.25, -0.2) is 4.79 Å². The molecule has 1 aliphatic carbocycles. The van der Waals surface area contributed by atoms with E-state index in [4.69, 9.17) is 9.15 Å². The minimum absolute atomic E-state index is 0.118. The van der Waals surface area contributed by atoms with Crippen LogP contribution in [-0.2, 0) is 28.9 Å². The number of fused-ring (bicyclic) bond motifs is 1. The van der Waals surface area contributed by atoms with Crippen LogP contribution in [0.1, 0.15) is 45.7 Å². The zero-order valence-electron chi connectivity index (χ0n) is 16.3. The number of aryl methyl sites for hydroxylation is 1. The maximum atomic E-state index is 12.6. The molecule has 1 amide bonds. The Labute approximate surface area is 163 Å². The van der Waals surface area contributed by atoms with Crippen molar-refractivity contribution >= 4 is 28.2 Å². The van der Waals surface area contributed by atoms with Crippen LogP contribution in [0.2, 0.25) is 0 Å². The fourth-order valence-electron chi connectivity index (χ4n) is 3.54. The Morgan fingerprint density at radius 3 is 2.85 bits per heavy atom. The van der Waals surface area contributed by atoms with Crippen molar-refractivity contribution in [2.24, 2.45) is 5.92 Å². The molecule has 2 N–H and O–H groups in total. The molecule has 7 heteroatoms. The molecule has 146 valence electrons. The summed E-state index contributed by atoms with van der Waals surface area (Å²) < 4.78 is 10.5. The molecule has 27 heavy (non-hydrogen) atoms. The Balaban J connectivity index is 1.70. The molecule has 0 saturated heterocycles. The number of hydrogen-bond donors (Lipinski definition) is 2. The molecule has 0 saturated carbocycles. The molecule has 2 heterocycles. The number of furan rings is 1. The molecule has 0 spiro atoms. The molecule has 3 rings (SSSR count). The van der Waals surface area contributed by atoms with Crippen molar-refractivity contribution < 1.29 is 23.6 Å². The number of methoxy groups -OCH3 is 1. The fourth-order valence-corrected chi connectivity index (χ4v) is 4.96. The van der Waals surface area contributed by atoms with Gasteiger partial charge in [-0.1, -0.05) is 6.92 Å². The summed E-state index contributed by atoms with van der Waals surface area (Å²) in [5.74, 6) is 1.83. The molecule has 0 aliphatic heterocycles. The first-order valence-electron chi connectivity index (χ1n) is 9.26. The summed E-state index contributed by atoms with van der Waals surface area (Å²) in [5, 5.41) is 3.57. The van der Waals surface area contributed by atoms with Crippen molar-refractivity contribution in [1.82, 2.24) is 0 Å². The quantitative estimate of drug-likeness (QED) is 0.741. The second-order valence-corrected chi connectivity index (χ2v) is 8.52. The summed E-state index contributed by atoms with van der Waals surface area (Å²) in [4.78, 5) is 27.1. The highest BCUT2D eigenvalue weighted by Gasteiger charge is 2.29. The van der Waals surface area contributed by atoms with Crippen LogP contribution in [0.3, 0.4) is 0 Å². The molecule has 1 aliphatic rings. The lowest BCUT2D eigenvalue weighted by Gasteiger charge is -2.18. The number of hydrogen-bond acceptors (Lipinski definition) is 5. The maximum Gasteiger partial charge on any atom is 0.341 e. The highest BCUT2D eigenvalue weighted by atomic mass is 32.1. The summed E-state index contributed by atoms with van der Waals surface area (Å²) in [6, 6.07) is 3.85. The van der Waals surface area contributed by atoms with E-state index in [1.165, 1.54) is 23.3 Å². The summed E-state index contributed by atoms with van der Waals surface area (Å²) >= 11 is 1.51. The number of nitrogens with one attached hydrogen (secondary N) is 2. The Bertz CT molecular complexity index is 839. The molecule has 6 nitrogen and oxygen atoms in total. The smallest absolute Gasteiger partial charge is 0.341 e. The summed E-state index contributed by atoms with van der Waals surface area (Å²) in [5.41, 5.74) is 1.59. The molecular formula is C20H27N2O4S+. The standard InChI is InChI=1S/C20H26N2O4S/c1-12-5-8-15-16(9-12)27-19(18(15)20(24)25-4)21-17(23)11-22(3)10-14-7-6-13(2)26-14/h6-7,12H,5,8-11H2,1-4H3,(H,21,23)/p+1/t12-/m1/s1. The third-order valence-electron chi connectivity index (χ3n) is 4.89. The van der Waals surface area contributed by atoms with Gasteiger partial charge in [-0.05, 0) is 49.8 Å². The lowest BCUT2D eigenvalue weighted by molar-refractivity contribution is -0.886. The van der Waals surface area contributed by atoms with E-state index in [1.54, 1.807) is 0 Å². The number of ether oxygens (including phenoxy) is 1. The molecule has 0 radical (unpaired) electrons. The van der Waals surface area contributed by atoms with E-state index in [2.05, 4.69) is 12.2 Å². The minimum Gasteiger partial charge on any atom is -0.465 e. The molecule has 0 fully saturated rings. The van der Waals surface area contributed by atoms with Crippen LogP contribution in [0, 0.1) is 12.8 Å². The normalized spacial score (nSPS) is 17.3. The van der Waals surface area contributed by atoms with Gasteiger partial charge in [0.25, 0.3) is 5.91 Å². The van der Waals surface area contributed by atoms with Gasteiger partial charge in [-0.15, -0.1) is 11.3 Å². The predicted octanol–water partition coefficient (Wildman–Crippen LogP) is 2.21. The van der Waals surface area contributed by atoms with Crippen molar-refractivity contribution in [3.8, 4) is 0 Å². The summed E-state index contributed by atoms with van der Waals surface area (Å²) in [6.07, 6.45) is 2.86. The number of carbonyl (C=O) groups excluding carboxylic acids is 2. The third-order valence-corrected chi connectivity index (χ3v) is 6.06. The van der Waals surface area contributed by atoms with Gasteiger partial charge in [0.05, 0.1) is 19.7 Å². The van der Waals surface area contributed by atoms with Gasteiger partial charge in [-0.3, -0.25) is 4.79 Å². The zero-order valence-corrected chi connectivity index (χ0v) is 17.1. The van der Waals surface area contributed by atoms with E-state index in [0.29, 0.717) is 29.6 Å². The second-order valence-electron chi connectivity index (χ2n) is 7.42. The number of esters is 1. The first kappa shape index (κ1) is 19.6. The number of quaternary nitrogens is 1. The monoisotopic (exact) mass is 391 g/mol. The van der Waals surface area contributed by atoms with Crippen molar-refractivity contribution in [3.63, 3.8) is 0 Å². The molecular weight excluding hydrogens is 364 g/mol. The van der Waals surface area contributed by atoms with Crippen molar-refractivity contribution in [2.45, 2.75) is 39.7 Å². The van der Waals surface area contributed by atoms with Crippen LogP contribution >= 0.6 is 11.3 Å². The lowest BCUT2D eigenvalue weighted by atomic mass is 9.88. The van der Waals surface area contributed by atoms with E-state index < -0.39 is 0 Å². The maximum absolute atomic E-state index is 12.6. The molecule has 0 aromatic carbocycles. The molecule has 2 atom stereocenters. The zero-order chi connectivity index (χ0) is 19.6. The van der Waals surface area contributed by atoms with Crippen LogP contribution < -0.4 is 10.2 Å². The highest BCUT2D eigenvalue weighted by Crippen LogP contribution is 2.39. The number of anilines is 1. The molecule has 0 bridgehead atoms. The van der Waals surface area contributed by atoms with E-state index in [9.17, 15) is 9.59 Å². The first-order chi connectivity index (χ1) is 12.9. The Morgan fingerprint density at radius 2 is 2.19 bits per heavy atom. The number of carbonyl (C=O) groups is 2. The van der Waals surface area contributed by atoms with Crippen LogP contribution in [0.4, 0.5) is 5.00 Å². The topological polar surface area (TPSA) is 73.0 Å². The average Bonchev–Trinajstić information content (AvgIpc) is 3.16. The van der Waals surface area contributed by atoms with Crippen molar-refractivity contribution in [2.75, 3.05) is 26.0 Å². The lowest BCUT2D eigenvalue weighted by Crippen LogP contribution is -3.08. The van der Waals surface area contributed by atoms with E-state index in [1.807, 2.05) is 26.1 Å². The number of rotatable bonds is 6. The van der Waals surface area contributed by atoms with E-state index in [-0.39, 0.29) is 11.9 Å². The van der Waals surface area contributed by atoms with Crippen LogP contribution in [0.25, 0.3) is 0 Å². The molecule has 2 aromatic heterocycles. The van der Waals surface area contributed by atoms with Crippen molar-refractivity contribution in [1.29, 1.82) is 0 Å². The Kier molecular flexibility index (Phi) is 6.01. The highest BCUT2D eigenvalue weighted by molar-refractivity contribution is 7.17. The first-order valence-corrected chi connectivity index (χ1v) is 10.1. The van der Waals surface area contributed by atoms with Gasteiger partial charge in [0.2, 0.25) is 0 Å². The van der Waals surface area contributed by atoms with Crippen molar-refractivity contribution in [3.05, 3.63) is 39.7 Å². The Hall–Kier alpha value is -2.12. The van der Waals surface area contributed by atoms with Crippen LogP contribution in [-0.4, -0.2) is 32.6 Å². The minimum atomic E-state index is -0.371. The SMILES string of the molecule is COC(=O)c1c(NC(=O)C[NH+](C)Cc2ccc(C)o2)sc2c1CC[C@@H](C)C2. The third kappa shape index (κ3) is 4.59. The molecule has 1 unspecified atom stereocenters. The van der Waals surface area contributed by atoms with Gasteiger partial charge in [0.1, 0.15) is 17.3 Å². The van der Waals surface area contributed by atoms with Gasteiger partial charge < -0.3 is 19.4 Å². The van der Waals surface area contributed by atoms with Crippen LogP contribution in [0.15, 0.2) is 16.5 Å².